The van der Waals surface area contributed by atoms with Gasteiger partial charge in [-0.05, 0) is 56.4 Å². The van der Waals surface area contributed by atoms with E-state index in [0.29, 0.717) is 28.3 Å². The van der Waals surface area contributed by atoms with Gasteiger partial charge in [-0.2, -0.15) is 0 Å². The van der Waals surface area contributed by atoms with Crippen molar-refractivity contribution in [1.82, 2.24) is 14.5 Å². The van der Waals surface area contributed by atoms with Crippen molar-refractivity contribution in [3.05, 3.63) is 70.3 Å². The number of ketones is 1. The number of carbonyl (C=O) groups excluding carboxylic acids is 1. The van der Waals surface area contributed by atoms with E-state index < -0.39 is 0 Å². The number of hydrogen-bond acceptors (Lipinski definition) is 4. The number of aromatic amines is 1. The molecule has 3 aromatic rings. The Labute approximate surface area is 167 Å². The first-order valence-corrected chi connectivity index (χ1v) is 10.7. The molecule has 4 rings (SSSR count). The predicted octanol–water partition coefficient (Wildman–Crippen LogP) is 4.59. The molecule has 1 aliphatic rings. The zero-order valence-corrected chi connectivity index (χ0v) is 16.5. The molecular formula is C22H23N3O2S. The molecule has 0 radical (unpaired) electrons. The summed E-state index contributed by atoms with van der Waals surface area (Å²) in [6.07, 6.45) is 9.63. The fourth-order valence-corrected chi connectivity index (χ4v) is 4.46. The van der Waals surface area contributed by atoms with Gasteiger partial charge in [-0.15, -0.1) is 0 Å². The summed E-state index contributed by atoms with van der Waals surface area (Å²) in [5, 5.41) is 1.24. The fraction of sp³-hybridized carbons (Fsp3) is 0.318. The molecule has 0 unspecified atom stereocenters. The normalized spacial score (nSPS) is 14.2. The SMILES string of the molecule is O=C(CSc1nc2ccccc2c(=O)n1CCC1=CCCCC1)c1ccc[nH]1. The third kappa shape index (κ3) is 4.12. The van der Waals surface area contributed by atoms with Crippen LogP contribution in [0.4, 0.5) is 0 Å². The van der Waals surface area contributed by atoms with E-state index in [9.17, 15) is 9.59 Å². The Balaban J connectivity index is 1.61. The second-order valence-electron chi connectivity index (χ2n) is 7.02. The van der Waals surface area contributed by atoms with E-state index >= 15 is 0 Å². The number of thioether (sulfide) groups is 1. The van der Waals surface area contributed by atoms with Gasteiger partial charge in [0.15, 0.2) is 10.9 Å². The number of benzene rings is 1. The number of rotatable bonds is 7. The highest BCUT2D eigenvalue weighted by Gasteiger charge is 2.15. The van der Waals surface area contributed by atoms with Crippen molar-refractivity contribution >= 4 is 28.4 Å². The first kappa shape index (κ1) is 18.7. The van der Waals surface area contributed by atoms with Crippen molar-refractivity contribution in [2.45, 2.75) is 43.8 Å². The lowest BCUT2D eigenvalue weighted by Gasteiger charge is -2.16. The van der Waals surface area contributed by atoms with Gasteiger partial charge in [0.05, 0.1) is 22.3 Å². The molecule has 0 fully saturated rings. The quantitative estimate of drug-likeness (QED) is 0.276. The zero-order chi connectivity index (χ0) is 19.3. The van der Waals surface area contributed by atoms with Crippen molar-refractivity contribution in [1.29, 1.82) is 0 Å². The van der Waals surface area contributed by atoms with Crippen LogP contribution in [0.1, 0.15) is 42.6 Å². The maximum absolute atomic E-state index is 13.1. The fourth-order valence-electron chi connectivity index (χ4n) is 3.55. The van der Waals surface area contributed by atoms with E-state index in [1.807, 2.05) is 24.3 Å². The molecule has 5 nitrogen and oxygen atoms in total. The van der Waals surface area contributed by atoms with Gasteiger partial charge in [0.1, 0.15) is 0 Å². The number of para-hydroxylation sites is 1. The van der Waals surface area contributed by atoms with Crippen molar-refractivity contribution in [3.63, 3.8) is 0 Å². The molecular weight excluding hydrogens is 370 g/mol. The minimum atomic E-state index is -0.0307. The van der Waals surface area contributed by atoms with Crippen LogP contribution in [0.25, 0.3) is 10.9 Å². The Kier molecular flexibility index (Phi) is 5.76. The first-order valence-electron chi connectivity index (χ1n) is 9.69. The highest BCUT2D eigenvalue weighted by atomic mass is 32.2. The third-order valence-corrected chi connectivity index (χ3v) is 6.08. The molecule has 2 aromatic heterocycles. The molecule has 1 aliphatic carbocycles. The average molecular weight is 394 g/mol. The molecule has 0 amide bonds. The van der Waals surface area contributed by atoms with Gasteiger partial charge < -0.3 is 4.98 Å². The molecule has 0 atom stereocenters. The van der Waals surface area contributed by atoms with E-state index in [4.69, 9.17) is 4.98 Å². The number of allylic oxidation sites excluding steroid dienone is 2. The molecule has 0 bridgehead atoms. The minimum absolute atomic E-state index is 0.000976. The monoisotopic (exact) mass is 393 g/mol. The van der Waals surface area contributed by atoms with E-state index in [1.54, 1.807) is 22.9 Å². The summed E-state index contributed by atoms with van der Waals surface area (Å²) in [4.78, 5) is 33.1. The average Bonchev–Trinajstić information content (AvgIpc) is 3.27. The summed E-state index contributed by atoms with van der Waals surface area (Å²) >= 11 is 1.33. The molecule has 144 valence electrons. The summed E-state index contributed by atoms with van der Waals surface area (Å²) in [6.45, 7) is 0.599. The third-order valence-electron chi connectivity index (χ3n) is 5.10. The molecule has 1 aromatic carbocycles. The van der Waals surface area contributed by atoms with Crippen LogP contribution in [0.5, 0.6) is 0 Å². The lowest BCUT2D eigenvalue weighted by atomic mass is 9.97. The van der Waals surface area contributed by atoms with Crippen LogP contribution in [0.3, 0.4) is 0 Å². The second kappa shape index (κ2) is 8.61. The smallest absolute Gasteiger partial charge is 0.262 e. The summed E-state index contributed by atoms with van der Waals surface area (Å²) in [5.74, 6) is 0.243. The number of carbonyl (C=O) groups is 1. The van der Waals surface area contributed by atoms with Crippen molar-refractivity contribution in [3.8, 4) is 0 Å². The van der Waals surface area contributed by atoms with E-state index in [-0.39, 0.29) is 17.1 Å². The number of hydrogen-bond donors (Lipinski definition) is 1. The van der Waals surface area contributed by atoms with Gasteiger partial charge >= 0.3 is 0 Å². The Morgan fingerprint density at radius 3 is 2.86 bits per heavy atom. The Hall–Kier alpha value is -2.60. The van der Waals surface area contributed by atoms with Crippen LogP contribution >= 0.6 is 11.8 Å². The van der Waals surface area contributed by atoms with Crippen LogP contribution in [0, 0.1) is 0 Å². The van der Waals surface area contributed by atoms with Crippen LogP contribution in [-0.4, -0.2) is 26.1 Å². The standard InChI is InChI=1S/C22H23N3O2S/c26-20(19-11-6-13-23-19)15-28-22-24-18-10-5-4-9-17(18)21(27)25(22)14-12-16-7-2-1-3-8-16/h4-7,9-11,13,23H,1-3,8,12,14-15H2. The lowest BCUT2D eigenvalue weighted by molar-refractivity contribution is 0.101. The Morgan fingerprint density at radius 2 is 2.07 bits per heavy atom. The van der Waals surface area contributed by atoms with Crippen LogP contribution < -0.4 is 5.56 Å². The molecule has 0 saturated carbocycles. The minimum Gasteiger partial charge on any atom is -0.359 e. The predicted molar refractivity (Wildman–Crippen MR) is 113 cm³/mol. The number of nitrogens with one attached hydrogen (secondary N) is 1. The van der Waals surface area contributed by atoms with Crippen molar-refractivity contribution < 1.29 is 4.79 Å². The number of Topliss-reactive ketones (excluding diaryl/α,β-unsaturated/α-hetero) is 1. The maximum atomic E-state index is 13.1. The Bertz CT molecular complexity index is 1070. The number of fused-ring (bicyclic) bond motifs is 1. The topological polar surface area (TPSA) is 67.8 Å². The summed E-state index contributed by atoms with van der Waals surface area (Å²) in [7, 11) is 0. The first-order chi connectivity index (χ1) is 13.7. The lowest BCUT2D eigenvalue weighted by Crippen LogP contribution is -2.24. The molecule has 0 spiro atoms. The van der Waals surface area contributed by atoms with Gasteiger partial charge in [-0.25, -0.2) is 4.98 Å². The molecule has 0 saturated heterocycles. The molecule has 1 N–H and O–H groups in total. The van der Waals surface area contributed by atoms with E-state index in [0.717, 1.165) is 19.3 Å². The van der Waals surface area contributed by atoms with E-state index in [1.165, 1.54) is 30.2 Å². The highest BCUT2D eigenvalue weighted by molar-refractivity contribution is 7.99. The Morgan fingerprint density at radius 1 is 1.18 bits per heavy atom. The number of H-pyrrole nitrogens is 1. The van der Waals surface area contributed by atoms with Crippen LogP contribution in [-0.2, 0) is 6.54 Å². The van der Waals surface area contributed by atoms with Crippen molar-refractivity contribution in [2.75, 3.05) is 5.75 Å². The summed E-state index contributed by atoms with van der Waals surface area (Å²) in [5.41, 5.74) is 2.64. The zero-order valence-electron chi connectivity index (χ0n) is 15.7. The maximum Gasteiger partial charge on any atom is 0.262 e. The van der Waals surface area contributed by atoms with Crippen molar-refractivity contribution in [2.24, 2.45) is 0 Å². The van der Waals surface area contributed by atoms with Crippen LogP contribution in [0.15, 0.2) is 64.2 Å². The molecule has 0 aliphatic heterocycles. The van der Waals surface area contributed by atoms with E-state index in [2.05, 4.69) is 11.1 Å². The summed E-state index contributed by atoms with van der Waals surface area (Å²) < 4.78 is 1.74. The molecule has 28 heavy (non-hydrogen) atoms. The largest absolute Gasteiger partial charge is 0.359 e. The number of nitrogens with zero attached hydrogens (tertiary/aromatic N) is 2. The van der Waals surface area contributed by atoms with Gasteiger partial charge in [0, 0.05) is 12.7 Å². The van der Waals surface area contributed by atoms with Crippen LogP contribution in [0.2, 0.25) is 0 Å². The van der Waals surface area contributed by atoms with Gasteiger partial charge in [0.25, 0.3) is 5.56 Å². The second-order valence-corrected chi connectivity index (χ2v) is 7.96. The highest BCUT2D eigenvalue weighted by Crippen LogP contribution is 2.23. The van der Waals surface area contributed by atoms with Gasteiger partial charge in [-0.1, -0.05) is 35.5 Å². The molecule has 2 heterocycles. The van der Waals surface area contributed by atoms with Gasteiger partial charge in [-0.3, -0.25) is 14.2 Å². The summed E-state index contributed by atoms with van der Waals surface area (Å²) in [6, 6.07) is 11.0. The molecule has 6 heteroatoms. The number of aromatic nitrogens is 3. The van der Waals surface area contributed by atoms with Gasteiger partial charge in [0.2, 0.25) is 0 Å².